The summed E-state index contributed by atoms with van der Waals surface area (Å²) >= 11 is 11.8. The zero-order valence-electron chi connectivity index (χ0n) is 11.5. The molecule has 4 heteroatoms. The van der Waals surface area contributed by atoms with E-state index in [9.17, 15) is 4.79 Å². The summed E-state index contributed by atoms with van der Waals surface area (Å²) < 4.78 is 0. The molecule has 1 amide bonds. The maximum atomic E-state index is 12.3. The van der Waals surface area contributed by atoms with Gasteiger partial charge in [0.15, 0.2) is 0 Å². The van der Waals surface area contributed by atoms with Gasteiger partial charge in [-0.15, -0.1) is 0 Å². The summed E-state index contributed by atoms with van der Waals surface area (Å²) in [6.45, 7) is 2.13. The molecule has 2 fully saturated rings. The SMILES string of the molecule is CC(NC(=O)c1ccc(Cl)c(Cl)c1)C1CC2CCC1C2. The average Bonchev–Trinajstić information content (AvgIpc) is 3.04. The first-order valence-electron chi connectivity index (χ1n) is 7.30. The molecule has 0 aliphatic heterocycles. The van der Waals surface area contributed by atoms with Gasteiger partial charge in [-0.2, -0.15) is 0 Å². The minimum absolute atomic E-state index is 0.0566. The van der Waals surface area contributed by atoms with Crippen LogP contribution in [0.25, 0.3) is 0 Å². The van der Waals surface area contributed by atoms with Crippen LogP contribution in [0.2, 0.25) is 10.0 Å². The topological polar surface area (TPSA) is 29.1 Å². The van der Waals surface area contributed by atoms with Crippen molar-refractivity contribution in [2.45, 2.75) is 38.6 Å². The van der Waals surface area contributed by atoms with Gasteiger partial charge in [0.05, 0.1) is 10.0 Å². The van der Waals surface area contributed by atoms with Crippen LogP contribution >= 0.6 is 23.2 Å². The van der Waals surface area contributed by atoms with E-state index in [0.29, 0.717) is 21.5 Å². The Labute approximate surface area is 129 Å². The highest BCUT2D eigenvalue weighted by atomic mass is 35.5. The maximum Gasteiger partial charge on any atom is 0.251 e. The van der Waals surface area contributed by atoms with E-state index in [1.807, 2.05) is 0 Å². The predicted octanol–water partition coefficient (Wildman–Crippen LogP) is 4.55. The molecule has 4 atom stereocenters. The first kappa shape index (κ1) is 14.2. The predicted molar refractivity (Wildman–Crippen MR) is 82.3 cm³/mol. The molecular formula is C16H19Cl2NO. The molecule has 0 heterocycles. The quantitative estimate of drug-likeness (QED) is 0.872. The molecule has 3 rings (SSSR count). The van der Waals surface area contributed by atoms with Crippen molar-refractivity contribution < 1.29 is 4.79 Å². The maximum absolute atomic E-state index is 12.3. The van der Waals surface area contributed by atoms with Gasteiger partial charge in [-0.1, -0.05) is 29.6 Å². The van der Waals surface area contributed by atoms with Crippen LogP contribution in [0.1, 0.15) is 43.0 Å². The Hall–Kier alpha value is -0.730. The monoisotopic (exact) mass is 311 g/mol. The summed E-state index contributed by atoms with van der Waals surface area (Å²) in [5, 5.41) is 4.03. The lowest BCUT2D eigenvalue weighted by atomic mass is 9.84. The number of benzene rings is 1. The van der Waals surface area contributed by atoms with Gasteiger partial charge in [-0.05, 0) is 62.1 Å². The third-order valence-electron chi connectivity index (χ3n) is 4.98. The minimum atomic E-state index is -0.0566. The molecule has 20 heavy (non-hydrogen) atoms. The Bertz CT molecular complexity index is 531. The van der Waals surface area contributed by atoms with E-state index in [4.69, 9.17) is 23.2 Å². The van der Waals surface area contributed by atoms with E-state index < -0.39 is 0 Å². The number of carbonyl (C=O) groups excluding carboxylic acids is 1. The van der Waals surface area contributed by atoms with Crippen LogP contribution in [0.15, 0.2) is 18.2 Å². The summed E-state index contributed by atoms with van der Waals surface area (Å²) in [6, 6.07) is 5.25. The fourth-order valence-electron chi connectivity index (χ4n) is 3.94. The zero-order valence-corrected chi connectivity index (χ0v) is 13.0. The molecule has 4 unspecified atom stereocenters. The number of fused-ring (bicyclic) bond motifs is 2. The Morgan fingerprint density at radius 3 is 2.65 bits per heavy atom. The Balaban J connectivity index is 1.65. The number of hydrogen-bond acceptors (Lipinski definition) is 1. The largest absolute Gasteiger partial charge is 0.349 e. The van der Waals surface area contributed by atoms with Crippen LogP contribution in [0.5, 0.6) is 0 Å². The van der Waals surface area contributed by atoms with Crippen LogP contribution in [-0.2, 0) is 0 Å². The van der Waals surface area contributed by atoms with Crippen molar-refractivity contribution in [3.8, 4) is 0 Å². The van der Waals surface area contributed by atoms with Crippen molar-refractivity contribution in [1.29, 1.82) is 0 Å². The lowest BCUT2D eigenvalue weighted by Gasteiger charge is -2.28. The van der Waals surface area contributed by atoms with Crippen molar-refractivity contribution >= 4 is 29.1 Å². The molecule has 2 nitrogen and oxygen atoms in total. The fourth-order valence-corrected chi connectivity index (χ4v) is 4.24. The van der Waals surface area contributed by atoms with Crippen LogP contribution in [0.3, 0.4) is 0 Å². The molecule has 0 spiro atoms. The third-order valence-corrected chi connectivity index (χ3v) is 5.71. The van der Waals surface area contributed by atoms with Crippen LogP contribution < -0.4 is 5.32 Å². The van der Waals surface area contributed by atoms with E-state index >= 15 is 0 Å². The van der Waals surface area contributed by atoms with Crippen molar-refractivity contribution in [3.05, 3.63) is 33.8 Å². The van der Waals surface area contributed by atoms with E-state index in [-0.39, 0.29) is 11.9 Å². The zero-order chi connectivity index (χ0) is 14.3. The molecule has 1 aromatic carbocycles. The highest BCUT2D eigenvalue weighted by Crippen LogP contribution is 2.49. The third kappa shape index (κ3) is 2.68. The Morgan fingerprint density at radius 1 is 1.25 bits per heavy atom. The van der Waals surface area contributed by atoms with Crippen molar-refractivity contribution in [2.75, 3.05) is 0 Å². The average molecular weight is 312 g/mol. The Kier molecular flexibility index (Phi) is 3.96. The highest BCUT2D eigenvalue weighted by Gasteiger charge is 2.42. The van der Waals surface area contributed by atoms with E-state index in [2.05, 4.69) is 12.2 Å². The van der Waals surface area contributed by atoms with E-state index in [1.54, 1.807) is 18.2 Å². The normalized spacial score (nSPS) is 29.4. The molecular weight excluding hydrogens is 293 g/mol. The molecule has 108 valence electrons. The van der Waals surface area contributed by atoms with Crippen molar-refractivity contribution in [3.63, 3.8) is 0 Å². The van der Waals surface area contributed by atoms with Crippen molar-refractivity contribution in [2.24, 2.45) is 17.8 Å². The molecule has 0 saturated heterocycles. The second kappa shape index (κ2) is 5.57. The molecule has 2 bridgehead atoms. The lowest BCUT2D eigenvalue weighted by molar-refractivity contribution is 0.0915. The second-order valence-electron chi connectivity index (χ2n) is 6.23. The first-order valence-corrected chi connectivity index (χ1v) is 8.06. The van der Waals surface area contributed by atoms with Gasteiger partial charge < -0.3 is 5.32 Å². The minimum Gasteiger partial charge on any atom is -0.349 e. The highest BCUT2D eigenvalue weighted by molar-refractivity contribution is 6.42. The second-order valence-corrected chi connectivity index (χ2v) is 7.04. The summed E-state index contributed by atoms with van der Waals surface area (Å²) in [5.41, 5.74) is 0.578. The number of rotatable bonds is 3. The van der Waals surface area contributed by atoms with Gasteiger partial charge in [0, 0.05) is 11.6 Å². The van der Waals surface area contributed by atoms with Crippen LogP contribution in [0, 0.1) is 17.8 Å². The number of hydrogen-bond donors (Lipinski definition) is 1. The van der Waals surface area contributed by atoms with Crippen LogP contribution in [-0.4, -0.2) is 11.9 Å². The van der Waals surface area contributed by atoms with Gasteiger partial charge in [-0.25, -0.2) is 0 Å². The van der Waals surface area contributed by atoms with Gasteiger partial charge in [0.2, 0.25) is 0 Å². The van der Waals surface area contributed by atoms with Gasteiger partial charge in [0.25, 0.3) is 5.91 Å². The summed E-state index contributed by atoms with van der Waals surface area (Å²) in [5.74, 6) is 2.29. The Morgan fingerprint density at radius 2 is 2.05 bits per heavy atom. The number of amides is 1. The molecule has 1 aromatic rings. The smallest absolute Gasteiger partial charge is 0.251 e. The molecule has 2 aliphatic rings. The molecule has 2 saturated carbocycles. The molecule has 2 aliphatic carbocycles. The first-order chi connectivity index (χ1) is 9.54. The molecule has 0 aromatic heterocycles. The number of nitrogens with one attached hydrogen (secondary N) is 1. The van der Waals surface area contributed by atoms with E-state index in [0.717, 1.165) is 11.8 Å². The van der Waals surface area contributed by atoms with E-state index in [1.165, 1.54) is 25.7 Å². The summed E-state index contributed by atoms with van der Waals surface area (Å²) in [4.78, 5) is 12.3. The number of carbonyl (C=O) groups is 1. The van der Waals surface area contributed by atoms with Gasteiger partial charge in [-0.3, -0.25) is 4.79 Å². The standard InChI is InChI=1S/C16H19Cl2NO/c1-9(13-7-10-2-3-11(13)6-10)19-16(20)12-4-5-14(17)15(18)8-12/h4-5,8-11,13H,2-3,6-7H2,1H3,(H,19,20). The molecule has 0 radical (unpaired) electrons. The number of halogens is 2. The van der Waals surface area contributed by atoms with Crippen molar-refractivity contribution in [1.82, 2.24) is 5.32 Å². The lowest BCUT2D eigenvalue weighted by Crippen LogP contribution is -2.40. The van der Waals surface area contributed by atoms with Gasteiger partial charge in [0.1, 0.15) is 0 Å². The summed E-state index contributed by atoms with van der Waals surface area (Å²) in [6.07, 6.45) is 5.35. The summed E-state index contributed by atoms with van der Waals surface area (Å²) in [7, 11) is 0. The van der Waals surface area contributed by atoms with Crippen LogP contribution in [0.4, 0.5) is 0 Å². The fraction of sp³-hybridized carbons (Fsp3) is 0.562. The van der Waals surface area contributed by atoms with Gasteiger partial charge >= 0.3 is 0 Å². The molecule has 1 N–H and O–H groups in total.